The van der Waals surface area contributed by atoms with Gasteiger partial charge in [0.2, 0.25) is 0 Å². The Morgan fingerprint density at radius 1 is 1.19 bits per heavy atom. The highest BCUT2D eigenvalue weighted by Gasteiger charge is 2.20. The van der Waals surface area contributed by atoms with E-state index in [2.05, 4.69) is 26.6 Å². The van der Waals surface area contributed by atoms with Crippen LogP contribution in [0, 0.1) is 6.92 Å². The van der Waals surface area contributed by atoms with Crippen molar-refractivity contribution in [2.24, 2.45) is 0 Å². The standard InChI is InChI=1S/C20H18N4OS2/c1-3-13-6-4-5-7-15(13)23-19(25)18-12(2)24-27-17(18)10-16-14-8-9-26-20(14)22-11-21-16/h4-9,11H,3,10H2,1-2H3,(H,23,25). The van der Waals surface area contributed by atoms with E-state index in [1.54, 1.807) is 17.7 Å². The summed E-state index contributed by atoms with van der Waals surface area (Å²) in [6.07, 6.45) is 3.01. The smallest absolute Gasteiger partial charge is 0.258 e. The summed E-state index contributed by atoms with van der Waals surface area (Å²) < 4.78 is 4.43. The molecule has 5 nitrogen and oxygen atoms in total. The molecule has 3 aromatic heterocycles. The number of thiophene rings is 1. The van der Waals surface area contributed by atoms with Crippen molar-refractivity contribution in [3.05, 3.63) is 69.4 Å². The molecule has 136 valence electrons. The van der Waals surface area contributed by atoms with Crippen molar-refractivity contribution in [3.8, 4) is 0 Å². The van der Waals surface area contributed by atoms with Gasteiger partial charge in [0.1, 0.15) is 11.2 Å². The number of nitrogens with one attached hydrogen (secondary N) is 1. The first-order valence-corrected chi connectivity index (χ1v) is 10.3. The molecule has 0 fully saturated rings. The lowest BCUT2D eigenvalue weighted by Crippen LogP contribution is -2.15. The average Bonchev–Trinajstić information content (AvgIpc) is 3.29. The van der Waals surface area contributed by atoms with Crippen molar-refractivity contribution in [1.29, 1.82) is 0 Å². The van der Waals surface area contributed by atoms with Gasteiger partial charge in [-0.05, 0) is 48.0 Å². The number of nitrogens with zero attached hydrogens (tertiary/aromatic N) is 3. The molecule has 0 saturated heterocycles. The van der Waals surface area contributed by atoms with Gasteiger partial charge in [-0.2, -0.15) is 4.37 Å². The quantitative estimate of drug-likeness (QED) is 0.525. The fraction of sp³-hybridized carbons (Fsp3) is 0.200. The number of benzene rings is 1. The fourth-order valence-corrected chi connectivity index (χ4v) is 4.72. The van der Waals surface area contributed by atoms with Crippen LogP contribution >= 0.6 is 22.9 Å². The van der Waals surface area contributed by atoms with Crippen LogP contribution in [0.3, 0.4) is 0 Å². The van der Waals surface area contributed by atoms with Gasteiger partial charge in [0.15, 0.2) is 0 Å². The Bertz CT molecular complexity index is 1120. The van der Waals surface area contributed by atoms with E-state index < -0.39 is 0 Å². The van der Waals surface area contributed by atoms with Gasteiger partial charge in [-0.1, -0.05) is 25.1 Å². The van der Waals surface area contributed by atoms with E-state index in [0.717, 1.165) is 44.2 Å². The molecule has 3 heterocycles. The Hall–Kier alpha value is -2.64. The van der Waals surface area contributed by atoms with Gasteiger partial charge in [0.25, 0.3) is 5.91 Å². The Morgan fingerprint density at radius 3 is 2.89 bits per heavy atom. The van der Waals surface area contributed by atoms with Gasteiger partial charge in [0.05, 0.1) is 17.0 Å². The second-order valence-electron chi connectivity index (χ2n) is 6.17. The highest BCUT2D eigenvalue weighted by Crippen LogP contribution is 2.27. The Labute approximate surface area is 165 Å². The molecule has 0 radical (unpaired) electrons. The Kier molecular flexibility index (Phi) is 4.96. The minimum atomic E-state index is -0.118. The predicted octanol–water partition coefficient (Wildman–Crippen LogP) is 4.86. The minimum absolute atomic E-state index is 0.118. The molecule has 4 aromatic rings. The molecule has 1 N–H and O–H groups in total. The molecule has 0 aliphatic carbocycles. The number of fused-ring (bicyclic) bond motifs is 1. The molecule has 0 bridgehead atoms. The van der Waals surface area contributed by atoms with E-state index in [9.17, 15) is 4.79 Å². The van der Waals surface area contributed by atoms with Gasteiger partial charge < -0.3 is 5.32 Å². The van der Waals surface area contributed by atoms with Crippen LogP contribution in [0.4, 0.5) is 5.69 Å². The van der Waals surface area contributed by atoms with Crippen LogP contribution < -0.4 is 5.32 Å². The van der Waals surface area contributed by atoms with Crippen LogP contribution in [0.1, 0.15) is 39.1 Å². The summed E-state index contributed by atoms with van der Waals surface area (Å²) in [5.74, 6) is -0.118. The molecular formula is C20H18N4OS2. The van der Waals surface area contributed by atoms with Gasteiger partial charge in [-0.3, -0.25) is 4.79 Å². The first-order chi connectivity index (χ1) is 13.2. The largest absolute Gasteiger partial charge is 0.322 e. The zero-order chi connectivity index (χ0) is 18.8. The minimum Gasteiger partial charge on any atom is -0.322 e. The monoisotopic (exact) mass is 394 g/mol. The van der Waals surface area contributed by atoms with E-state index >= 15 is 0 Å². The van der Waals surface area contributed by atoms with Crippen molar-refractivity contribution in [2.75, 3.05) is 5.32 Å². The molecule has 0 atom stereocenters. The van der Waals surface area contributed by atoms with E-state index in [1.165, 1.54) is 11.5 Å². The van der Waals surface area contributed by atoms with Crippen molar-refractivity contribution in [2.45, 2.75) is 26.7 Å². The summed E-state index contributed by atoms with van der Waals surface area (Å²) in [5.41, 5.74) is 4.28. The molecule has 27 heavy (non-hydrogen) atoms. The van der Waals surface area contributed by atoms with Gasteiger partial charge in [-0.15, -0.1) is 11.3 Å². The summed E-state index contributed by atoms with van der Waals surface area (Å²) >= 11 is 2.95. The second kappa shape index (κ2) is 7.54. The number of anilines is 1. The van der Waals surface area contributed by atoms with Crippen molar-refractivity contribution in [1.82, 2.24) is 14.3 Å². The summed E-state index contributed by atoms with van der Waals surface area (Å²) in [6.45, 7) is 3.95. The van der Waals surface area contributed by atoms with Crippen LogP contribution in [0.15, 0.2) is 42.0 Å². The fourth-order valence-electron chi connectivity index (χ4n) is 3.10. The number of hydrogen-bond donors (Lipinski definition) is 1. The molecule has 0 aliphatic rings. The lowest BCUT2D eigenvalue weighted by Gasteiger charge is -2.10. The van der Waals surface area contributed by atoms with Gasteiger partial charge in [-0.25, -0.2) is 9.97 Å². The topological polar surface area (TPSA) is 67.8 Å². The van der Waals surface area contributed by atoms with E-state index in [1.807, 2.05) is 42.6 Å². The molecule has 0 saturated carbocycles. The number of carbonyl (C=O) groups excluding carboxylic acids is 1. The van der Waals surface area contributed by atoms with Gasteiger partial charge in [0, 0.05) is 22.4 Å². The lowest BCUT2D eigenvalue weighted by atomic mass is 10.1. The lowest BCUT2D eigenvalue weighted by molar-refractivity contribution is 0.102. The number of amides is 1. The van der Waals surface area contributed by atoms with Crippen LogP contribution in [-0.4, -0.2) is 20.2 Å². The van der Waals surface area contributed by atoms with Crippen LogP contribution in [-0.2, 0) is 12.8 Å². The van der Waals surface area contributed by atoms with Crippen molar-refractivity contribution < 1.29 is 4.79 Å². The van der Waals surface area contributed by atoms with E-state index in [4.69, 9.17) is 0 Å². The summed E-state index contributed by atoms with van der Waals surface area (Å²) in [5, 5.41) is 6.11. The van der Waals surface area contributed by atoms with Crippen LogP contribution in [0.5, 0.6) is 0 Å². The number of para-hydroxylation sites is 1. The molecule has 4 rings (SSSR count). The number of aryl methyl sites for hydroxylation is 2. The number of carbonyl (C=O) groups is 1. The van der Waals surface area contributed by atoms with E-state index in [0.29, 0.717) is 12.0 Å². The number of hydrogen-bond acceptors (Lipinski definition) is 6. The third-order valence-corrected chi connectivity index (χ3v) is 6.23. The summed E-state index contributed by atoms with van der Waals surface area (Å²) in [7, 11) is 0. The van der Waals surface area contributed by atoms with E-state index in [-0.39, 0.29) is 5.91 Å². The van der Waals surface area contributed by atoms with Crippen molar-refractivity contribution in [3.63, 3.8) is 0 Å². The number of aromatic nitrogens is 3. The molecule has 0 unspecified atom stereocenters. The van der Waals surface area contributed by atoms with Crippen LogP contribution in [0.2, 0.25) is 0 Å². The molecule has 7 heteroatoms. The highest BCUT2D eigenvalue weighted by atomic mass is 32.1. The average molecular weight is 395 g/mol. The molecule has 0 aliphatic heterocycles. The maximum Gasteiger partial charge on any atom is 0.258 e. The molecule has 1 amide bonds. The first kappa shape index (κ1) is 17.8. The first-order valence-electron chi connectivity index (χ1n) is 8.68. The zero-order valence-electron chi connectivity index (χ0n) is 15.0. The molecular weight excluding hydrogens is 376 g/mol. The number of rotatable bonds is 5. The third kappa shape index (κ3) is 3.48. The Balaban J connectivity index is 1.65. The Morgan fingerprint density at radius 2 is 2.04 bits per heavy atom. The summed E-state index contributed by atoms with van der Waals surface area (Å²) in [4.78, 5) is 23.6. The maximum atomic E-state index is 13.0. The van der Waals surface area contributed by atoms with Crippen LogP contribution in [0.25, 0.3) is 10.2 Å². The highest BCUT2D eigenvalue weighted by molar-refractivity contribution is 7.16. The van der Waals surface area contributed by atoms with Gasteiger partial charge >= 0.3 is 0 Å². The van der Waals surface area contributed by atoms with Crippen molar-refractivity contribution >= 4 is 44.7 Å². The normalized spacial score (nSPS) is 11.0. The SMILES string of the molecule is CCc1ccccc1NC(=O)c1c(C)nsc1Cc1ncnc2sccc12. The maximum absolute atomic E-state index is 13.0. The third-order valence-electron chi connectivity index (χ3n) is 4.48. The second-order valence-corrected chi connectivity index (χ2v) is 7.92. The predicted molar refractivity (Wildman–Crippen MR) is 111 cm³/mol. The molecule has 0 spiro atoms. The zero-order valence-corrected chi connectivity index (χ0v) is 16.7. The molecule has 1 aromatic carbocycles. The summed E-state index contributed by atoms with van der Waals surface area (Å²) in [6, 6.07) is 9.91.